The smallest absolute Gasteiger partial charge is 0.244 e. The summed E-state index contributed by atoms with van der Waals surface area (Å²) in [5.41, 5.74) is -0.570. The molecule has 0 bridgehead atoms. The first-order valence-corrected chi connectivity index (χ1v) is 6.18. The van der Waals surface area contributed by atoms with E-state index in [1.807, 2.05) is 6.92 Å². The molecule has 0 saturated carbocycles. The minimum absolute atomic E-state index is 0.170. The fraction of sp³-hybridized carbons (Fsp3) is 0.417. The third-order valence-corrected chi connectivity index (χ3v) is 3.05. The number of anilines is 1. The molecule has 5 heteroatoms. The number of carbonyl (C=O) groups excluding carboxylic acids is 1. The zero-order valence-corrected chi connectivity index (χ0v) is 11.7. The predicted octanol–water partition coefficient (Wildman–Crippen LogP) is 2.91. The van der Waals surface area contributed by atoms with Gasteiger partial charge in [-0.1, -0.05) is 13.0 Å². The molecule has 0 aromatic heterocycles. The van der Waals surface area contributed by atoms with Crippen LogP contribution in [0.1, 0.15) is 20.8 Å². The molecule has 0 heterocycles. The molecule has 0 saturated heterocycles. The number of amides is 1. The number of halogens is 2. The highest BCUT2D eigenvalue weighted by atomic mass is 79.9. The highest BCUT2D eigenvalue weighted by Crippen LogP contribution is 2.25. The largest absolute Gasteiger partial charge is 0.321 e. The minimum Gasteiger partial charge on any atom is -0.321 e. The normalized spacial score (nSPS) is 11.4. The Morgan fingerprint density at radius 2 is 2.12 bits per heavy atom. The van der Waals surface area contributed by atoms with E-state index in [0.29, 0.717) is 11.0 Å². The van der Waals surface area contributed by atoms with E-state index in [-0.39, 0.29) is 11.6 Å². The van der Waals surface area contributed by atoms with Crippen LogP contribution in [0.2, 0.25) is 0 Å². The topological polar surface area (TPSA) is 41.1 Å². The molecule has 0 unspecified atom stereocenters. The second kappa shape index (κ2) is 5.60. The number of benzene rings is 1. The van der Waals surface area contributed by atoms with E-state index in [0.717, 1.165) is 0 Å². The van der Waals surface area contributed by atoms with Crippen molar-refractivity contribution in [3.8, 4) is 0 Å². The molecule has 1 amide bonds. The van der Waals surface area contributed by atoms with E-state index >= 15 is 0 Å². The average Bonchev–Trinajstić information content (AvgIpc) is 2.23. The van der Waals surface area contributed by atoms with Gasteiger partial charge >= 0.3 is 0 Å². The van der Waals surface area contributed by atoms with Crippen LogP contribution in [-0.2, 0) is 4.79 Å². The Morgan fingerprint density at radius 3 is 2.65 bits per heavy atom. The van der Waals surface area contributed by atoms with Gasteiger partial charge in [0.25, 0.3) is 0 Å². The van der Waals surface area contributed by atoms with Crippen molar-refractivity contribution in [3.63, 3.8) is 0 Å². The Labute approximate surface area is 109 Å². The summed E-state index contributed by atoms with van der Waals surface area (Å²) >= 11 is 3.21. The van der Waals surface area contributed by atoms with Crippen molar-refractivity contribution >= 4 is 27.5 Å². The van der Waals surface area contributed by atoms with Crippen LogP contribution in [-0.4, -0.2) is 18.0 Å². The standard InChI is InChI=1S/C12H16BrFN2O/c1-4-15-12(2,3)11(17)16-10-8(13)6-5-7-9(10)14/h5-7,15H,4H2,1-3H3,(H,16,17). The van der Waals surface area contributed by atoms with Gasteiger partial charge in [-0.3, -0.25) is 4.79 Å². The number of carbonyl (C=O) groups is 1. The zero-order chi connectivity index (χ0) is 13.1. The Bertz CT molecular complexity index is 401. The maximum Gasteiger partial charge on any atom is 0.244 e. The Morgan fingerprint density at radius 1 is 1.47 bits per heavy atom. The van der Waals surface area contributed by atoms with Crippen LogP contribution in [0.5, 0.6) is 0 Å². The second-order valence-electron chi connectivity index (χ2n) is 4.21. The molecule has 94 valence electrons. The Kier molecular flexibility index (Phi) is 4.65. The fourth-order valence-electron chi connectivity index (χ4n) is 1.41. The number of para-hydroxylation sites is 1. The monoisotopic (exact) mass is 302 g/mol. The van der Waals surface area contributed by atoms with Crippen molar-refractivity contribution in [1.29, 1.82) is 0 Å². The van der Waals surface area contributed by atoms with Crippen molar-refractivity contribution in [1.82, 2.24) is 5.32 Å². The number of hydrogen-bond acceptors (Lipinski definition) is 2. The third-order valence-electron chi connectivity index (χ3n) is 2.39. The summed E-state index contributed by atoms with van der Waals surface area (Å²) in [4.78, 5) is 12.0. The fourth-order valence-corrected chi connectivity index (χ4v) is 1.85. The van der Waals surface area contributed by atoms with E-state index in [1.54, 1.807) is 26.0 Å². The lowest BCUT2D eigenvalue weighted by Gasteiger charge is -2.24. The molecule has 1 rings (SSSR count). The summed E-state index contributed by atoms with van der Waals surface area (Å²) in [6, 6.07) is 4.56. The highest BCUT2D eigenvalue weighted by molar-refractivity contribution is 9.10. The molecule has 0 fully saturated rings. The van der Waals surface area contributed by atoms with Gasteiger partial charge in [-0.25, -0.2) is 4.39 Å². The Balaban J connectivity index is 2.88. The van der Waals surface area contributed by atoms with Gasteiger partial charge in [-0.2, -0.15) is 0 Å². The molecule has 0 spiro atoms. The van der Waals surface area contributed by atoms with Gasteiger partial charge in [0.1, 0.15) is 5.82 Å². The van der Waals surface area contributed by atoms with Crippen molar-refractivity contribution < 1.29 is 9.18 Å². The van der Waals surface area contributed by atoms with Gasteiger partial charge < -0.3 is 10.6 Å². The lowest BCUT2D eigenvalue weighted by Crippen LogP contribution is -2.49. The molecule has 0 aliphatic carbocycles. The zero-order valence-electron chi connectivity index (χ0n) is 10.1. The summed E-state index contributed by atoms with van der Waals surface area (Å²) in [7, 11) is 0. The van der Waals surface area contributed by atoms with Crippen LogP contribution in [0.3, 0.4) is 0 Å². The van der Waals surface area contributed by atoms with Crippen molar-refractivity contribution in [3.05, 3.63) is 28.5 Å². The second-order valence-corrected chi connectivity index (χ2v) is 5.06. The van der Waals surface area contributed by atoms with Gasteiger partial charge in [-0.05, 0) is 48.5 Å². The molecule has 2 N–H and O–H groups in total. The minimum atomic E-state index is -0.740. The summed E-state index contributed by atoms with van der Waals surface area (Å²) in [5.74, 6) is -0.731. The molecule has 0 radical (unpaired) electrons. The van der Waals surface area contributed by atoms with E-state index < -0.39 is 11.4 Å². The molecule has 1 aromatic rings. The van der Waals surface area contributed by atoms with E-state index in [4.69, 9.17) is 0 Å². The predicted molar refractivity (Wildman–Crippen MR) is 70.5 cm³/mol. The Hall–Kier alpha value is -0.940. The summed E-state index contributed by atoms with van der Waals surface area (Å²) in [6.07, 6.45) is 0. The lowest BCUT2D eigenvalue weighted by atomic mass is 10.0. The van der Waals surface area contributed by atoms with Crippen molar-refractivity contribution in [2.75, 3.05) is 11.9 Å². The molecule has 17 heavy (non-hydrogen) atoms. The maximum absolute atomic E-state index is 13.5. The molecular formula is C12H16BrFN2O. The molecule has 0 aliphatic rings. The van der Waals surface area contributed by atoms with E-state index in [2.05, 4.69) is 26.6 Å². The summed E-state index contributed by atoms with van der Waals surface area (Å²) < 4.78 is 14.0. The first kappa shape index (κ1) is 14.1. The van der Waals surface area contributed by atoms with Gasteiger partial charge in [-0.15, -0.1) is 0 Å². The summed E-state index contributed by atoms with van der Waals surface area (Å²) in [5, 5.41) is 5.61. The van der Waals surface area contributed by atoms with E-state index in [9.17, 15) is 9.18 Å². The molecule has 0 atom stereocenters. The SMILES string of the molecule is CCNC(C)(C)C(=O)Nc1c(F)cccc1Br. The van der Waals surface area contributed by atoms with Crippen LogP contribution in [0.4, 0.5) is 10.1 Å². The van der Waals surface area contributed by atoms with Crippen molar-refractivity contribution in [2.24, 2.45) is 0 Å². The highest BCUT2D eigenvalue weighted by Gasteiger charge is 2.27. The van der Waals surface area contributed by atoms with Gasteiger partial charge in [0.2, 0.25) is 5.91 Å². The summed E-state index contributed by atoms with van der Waals surface area (Å²) in [6.45, 7) is 6.08. The number of rotatable bonds is 4. The first-order chi connectivity index (χ1) is 7.88. The maximum atomic E-state index is 13.5. The average molecular weight is 303 g/mol. The van der Waals surface area contributed by atoms with Crippen molar-refractivity contribution in [2.45, 2.75) is 26.3 Å². The van der Waals surface area contributed by atoms with Crippen LogP contribution >= 0.6 is 15.9 Å². The number of nitrogens with one attached hydrogen (secondary N) is 2. The van der Waals surface area contributed by atoms with Gasteiger partial charge in [0.05, 0.1) is 11.2 Å². The molecular weight excluding hydrogens is 287 g/mol. The molecule has 0 aliphatic heterocycles. The molecule has 1 aromatic carbocycles. The first-order valence-electron chi connectivity index (χ1n) is 5.39. The van der Waals surface area contributed by atoms with E-state index in [1.165, 1.54) is 6.07 Å². The molecule has 3 nitrogen and oxygen atoms in total. The quantitative estimate of drug-likeness (QED) is 0.898. The van der Waals surface area contributed by atoms with Crippen LogP contribution in [0, 0.1) is 5.82 Å². The van der Waals surface area contributed by atoms with Crippen LogP contribution in [0.25, 0.3) is 0 Å². The number of likely N-dealkylation sites (N-methyl/N-ethyl adjacent to an activating group) is 1. The van der Waals surface area contributed by atoms with Crippen LogP contribution < -0.4 is 10.6 Å². The third kappa shape index (κ3) is 3.51. The van der Waals surface area contributed by atoms with Crippen LogP contribution in [0.15, 0.2) is 22.7 Å². The number of hydrogen-bond donors (Lipinski definition) is 2. The van der Waals surface area contributed by atoms with Gasteiger partial charge in [0, 0.05) is 4.47 Å². The van der Waals surface area contributed by atoms with Gasteiger partial charge in [0.15, 0.2) is 0 Å². The lowest BCUT2D eigenvalue weighted by molar-refractivity contribution is -0.121.